The minimum Gasteiger partial charge on any atom is -0.202 e. The highest BCUT2D eigenvalue weighted by Crippen LogP contribution is 2.12. The van der Waals surface area contributed by atoms with Crippen LogP contribution in [0.2, 0.25) is 0 Å². The van der Waals surface area contributed by atoms with Gasteiger partial charge < -0.3 is 0 Å². The molecule has 2 aromatic rings. The zero-order valence-corrected chi connectivity index (χ0v) is 7.18. The first-order valence-electron chi connectivity index (χ1n) is 3.35. The van der Waals surface area contributed by atoms with Crippen molar-refractivity contribution < 1.29 is 8.78 Å². The number of para-hydroxylation sites is 1. The van der Waals surface area contributed by atoms with Crippen molar-refractivity contribution >= 4 is 23.3 Å². The van der Waals surface area contributed by atoms with Crippen LogP contribution in [0.15, 0.2) is 24.3 Å². The third-order valence-corrected chi connectivity index (χ3v) is 1.53. The third kappa shape index (κ3) is 1.72. The number of halogens is 3. The van der Waals surface area contributed by atoms with Crippen LogP contribution in [0.5, 0.6) is 0 Å². The predicted molar refractivity (Wildman–Crippen MR) is 46.7 cm³/mol. The molecular formula is C8H5ClF2N2. The van der Waals surface area contributed by atoms with E-state index in [1.807, 2.05) is 0 Å². The van der Waals surface area contributed by atoms with Gasteiger partial charge in [-0.3, -0.25) is 0 Å². The molecular weight excluding hydrogens is 198 g/mol. The molecule has 0 aliphatic carbocycles. The Morgan fingerprint density at radius 3 is 2.46 bits per heavy atom. The number of benzene rings is 1. The zero-order chi connectivity index (χ0) is 8.55. The van der Waals surface area contributed by atoms with E-state index in [-0.39, 0.29) is 23.3 Å². The fraction of sp³-hybridized carbons (Fsp3) is 0. The molecule has 1 aromatic heterocycles. The largest absolute Gasteiger partial charge is 0.311 e. The smallest absolute Gasteiger partial charge is 0.202 e. The fourth-order valence-corrected chi connectivity index (χ4v) is 1.01. The van der Waals surface area contributed by atoms with E-state index in [0.29, 0.717) is 0 Å². The van der Waals surface area contributed by atoms with Crippen molar-refractivity contribution in [3.8, 4) is 0 Å². The Hall–Kier alpha value is -1.29. The molecule has 0 aliphatic heterocycles. The maximum atomic E-state index is 12.9. The first kappa shape index (κ1) is 9.80. The summed E-state index contributed by atoms with van der Waals surface area (Å²) < 4.78 is 25.3. The average Bonchev–Trinajstić information content (AvgIpc) is 2.04. The van der Waals surface area contributed by atoms with Crippen LogP contribution < -0.4 is 0 Å². The first-order chi connectivity index (χ1) is 5.77. The minimum absolute atomic E-state index is 0. The Morgan fingerprint density at radius 1 is 1.00 bits per heavy atom. The lowest BCUT2D eigenvalue weighted by molar-refractivity contribution is 0.494. The predicted octanol–water partition coefficient (Wildman–Crippen LogP) is 2.33. The normalized spacial score (nSPS) is 9.69. The maximum absolute atomic E-state index is 12.9. The minimum atomic E-state index is -1.04. The molecule has 0 N–H and O–H groups in total. The molecule has 1 heterocycles. The van der Waals surface area contributed by atoms with Gasteiger partial charge in [-0.15, -0.1) is 12.4 Å². The summed E-state index contributed by atoms with van der Waals surface area (Å²) >= 11 is 0. The SMILES string of the molecule is Cl.Fc1nc(F)c2ccccc2n1. The van der Waals surface area contributed by atoms with Crippen LogP contribution in [0.4, 0.5) is 8.78 Å². The fourth-order valence-electron chi connectivity index (χ4n) is 1.01. The lowest BCUT2D eigenvalue weighted by Crippen LogP contribution is -1.94. The van der Waals surface area contributed by atoms with E-state index in [1.165, 1.54) is 12.1 Å². The standard InChI is InChI=1S/C8H4F2N2.ClH/c9-7-5-3-1-2-4-6(5)11-8(10)12-7;/h1-4H;1H. The number of rotatable bonds is 0. The van der Waals surface area contributed by atoms with Gasteiger partial charge >= 0.3 is 6.08 Å². The molecule has 0 saturated carbocycles. The molecule has 0 aliphatic rings. The second-order valence-electron chi connectivity index (χ2n) is 2.30. The molecule has 0 bridgehead atoms. The van der Waals surface area contributed by atoms with Crippen LogP contribution in [0.1, 0.15) is 0 Å². The molecule has 0 saturated heterocycles. The van der Waals surface area contributed by atoms with Gasteiger partial charge in [0.25, 0.3) is 0 Å². The Morgan fingerprint density at radius 2 is 1.69 bits per heavy atom. The Labute approximate surface area is 79.0 Å². The van der Waals surface area contributed by atoms with Gasteiger partial charge in [-0.25, -0.2) is 4.98 Å². The number of hydrogen-bond donors (Lipinski definition) is 0. The van der Waals surface area contributed by atoms with Gasteiger partial charge in [0, 0.05) is 0 Å². The quantitative estimate of drug-likeness (QED) is 0.484. The van der Waals surface area contributed by atoms with Gasteiger partial charge in [-0.1, -0.05) is 12.1 Å². The molecule has 68 valence electrons. The molecule has 0 amide bonds. The molecule has 0 unspecified atom stereocenters. The van der Waals surface area contributed by atoms with Gasteiger partial charge in [0.2, 0.25) is 5.95 Å². The van der Waals surface area contributed by atoms with Crippen molar-refractivity contribution in [3.63, 3.8) is 0 Å². The number of fused-ring (bicyclic) bond motifs is 1. The highest BCUT2D eigenvalue weighted by Gasteiger charge is 2.04. The van der Waals surface area contributed by atoms with E-state index in [1.54, 1.807) is 12.1 Å². The molecule has 5 heteroatoms. The molecule has 1 aromatic carbocycles. The van der Waals surface area contributed by atoms with E-state index in [0.717, 1.165) is 0 Å². The molecule has 0 atom stereocenters. The van der Waals surface area contributed by atoms with E-state index in [9.17, 15) is 8.78 Å². The topological polar surface area (TPSA) is 25.8 Å². The van der Waals surface area contributed by atoms with E-state index in [4.69, 9.17) is 0 Å². The van der Waals surface area contributed by atoms with Crippen LogP contribution in [0, 0.1) is 12.0 Å². The average molecular weight is 203 g/mol. The van der Waals surface area contributed by atoms with E-state index < -0.39 is 12.0 Å². The van der Waals surface area contributed by atoms with Crippen molar-refractivity contribution in [2.75, 3.05) is 0 Å². The number of hydrogen-bond acceptors (Lipinski definition) is 2. The number of aromatic nitrogens is 2. The Balaban J connectivity index is 0.000000845. The van der Waals surface area contributed by atoms with Crippen LogP contribution in [-0.4, -0.2) is 9.97 Å². The lowest BCUT2D eigenvalue weighted by atomic mass is 10.2. The number of nitrogens with zero attached hydrogens (tertiary/aromatic N) is 2. The van der Waals surface area contributed by atoms with Crippen molar-refractivity contribution in [3.05, 3.63) is 36.3 Å². The summed E-state index contributed by atoms with van der Waals surface area (Å²) in [5.41, 5.74) is 0.280. The lowest BCUT2D eigenvalue weighted by Gasteiger charge is -1.95. The molecule has 13 heavy (non-hydrogen) atoms. The second kappa shape index (κ2) is 3.62. The van der Waals surface area contributed by atoms with Crippen molar-refractivity contribution in [1.29, 1.82) is 0 Å². The molecule has 0 spiro atoms. The molecule has 2 rings (SSSR count). The molecule has 0 fully saturated rings. The summed E-state index contributed by atoms with van der Waals surface area (Å²) in [6, 6.07) is 6.34. The Bertz CT molecular complexity index is 433. The highest BCUT2D eigenvalue weighted by atomic mass is 35.5. The van der Waals surface area contributed by atoms with Crippen molar-refractivity contribution in [2.45, 2.75) is 0 Å². The Kier molecular flexibility index (Phi) is 2.72. The molecule has 2 nitrogen and oxygen atoms in total. The maximum Gasteiger partial charge on any atom is 0.311 e. The monoisotopic (exact) mass is 202 g/mol. The van der Waals surface area contributed by atoms with Gasteiger partial charge in [-0.05, 0) is 12.1 Å². The first-order valence-corrected chi connectivity index (χ1v) is 3.35. The third-order valence-electron chi connectivity index (χ3n) is 1.53. The highest BCUT2D eigenvalue weighted by molar-refractivity contribution is 5.85. The van der Waals surface area contributed by atoms with Gasteiger partial charge in [0.05, 0.1) is 10.9 Å². The van der Waals surface area contributed by atoms with E-state index in [2.05, 4.69) is 9.97 Å². The summed E-state index contributed by atoms with van der Waals surface area (Å²) in [4.78, 5) is 6.38. The van der Waals surface area contributed by atoms with Crippen LogP contribution in [0.3, 0.4) is 0 Å². The summed E-state index contributed by atoms with van der Waals surface area (Å²) in [5, 5.41) is 0.235. The van der Waals surface area contributed by atoms with Crippen molar-refractivity contribution in [1.82, 2.24) is 9.97 Å². The van der Waals surface area contributed by atoms with E-state index >= 15 is 0 Å². The van der Waals surface area contributed by atoms with Crippen molar-refractivity contribution in [2.24, 2.45) is 0 Å². The van der Waals surface area contributed by atoms with Gasteiger partial charge in [0.15, 0.2) is 0 Å². The van der Waals surface area contributed by atoms with Gasteiger partial charge in [-0.2, -0.15) is 13.8 Å². The summed E-state index contributed by atoms with van der Waals surface area (Å²) in [6.07, 6.45) is -1.04. The van der Waals surface area contributed by atoms with Crippen LogP contribution in [0.25, 0.3) is 10.9 Å². The summed E-state index contributed by atoms with van der Waals surface area (Å²) in [6.45, 7) is 0. The van der Waals surface area contributed by atoms with Crippen LogP contribution in [-0.2, 0) is 0 Å². The zero-order valence-electron chi connectivity index (χ0n) is 6.37. The van der Waals surface area contributed by atoms with Gasteiger partial charge in [0.1, 0.15) is 0 Å². The van der Waals surface area contributed by atoms with Crippen LogP contribution >= 0.6 is 12.4 Å². The summed E-state index contributed by atoms with van der Waals surface area (Å²) in [5.74, 6) is -0.821. The summed E-state index contributed by atoms with van der Waals surface area (Å²) in [7, 11) is 0. The second-order valence-corrected chi connectivity index (χ2v) is 2.30. The molecule has 0 radical (unpaired) electrons.